The van der Waals surface area contributed by atoms with Crippen LogP contribution in [0.5, 0.6) is 0 Å². The fraction of sp³-hybridized carbons (Fsp3) is 0.417. The maximum absolute atomic E-state index is 14.1. The van der Waals surface area contributed by atoms with E-state index in [9.17, 15) is 19.2 Å². The molecule has 0 aromatic heterocycles. The van der Waals surface area contributed by atoms with Crippen molar-refractivity contribution in [3.63, 3.8) is 0 Å². The molecule has 3 aliphatic carbocycles. The Morgan fingerprint density at radius 2 is 1.71 bits per heavy atom. The van der Waals surface area contributed by atoms with Crippen LogP contribution in [0.1, 0.15) is 89.0 Å². The summed E-state index contributed by atoms with van der Waals surface area (Å²) in [6, 6.07) is 11.0. The first kappa shape index (κ1) is 32.8. The van der Waals surface area contributed by atoms with Crippen LogP contribution in [-0.2, 0) is 6.54 Å². The van der Waals surface area contributed by atoms with Gasteiger partial charge in [0.15, 0.2) is 0 Å². The van der Waals surface area contributed by atoms with Crippen LogP contribution in [0.15, 0.2) is 81.6 Å². The zero-order valence-corrected chi connectivity index (χ0v) is 27.3. The Bertz CT molecular complexity index is 1730. The zero-order valence-electron chi connectivity index (χ0n) is 27.3. The smallest absolute Gasteiger partial charge is 0.322 e. The number of anilines is 1. The molecular weight excluding hydrogens is 608 g/mol. The molecule has 6 rings (SSSR count). The number of fused-ring (bicyclic) bond motifs is 1. The van der Waals surface area contributed by atoms with Gasteiger partial charge in [-0.05, 0) is 84.4 Å². The fourth-order valence-electron chi connectivity index (χ4n) is 7.09. The molecule has 12 nitrogen and oxygen atoms in total. The van der Waals surface area contributed by atoms with Crippen molar-refractivity contribution in [2.75, 3.05) is 11.9 Å². The van der Waals surface area contributed by atoms with Gasteiger partial charge in [-0.15, -0.1) is 0 Å². The molecule has 12 heteroatoms. The van der Waals surface area contributed by atoms with Crippen LogP contribution < -0.4 is 16.9 Å². The van der Waals surface area contributed by atoms with E-state index in [2.05, 4.69) is 52.7 Å². The minimum atomic E-state index is -0.597. The van der Waals surface area contributed by atoms with Gasteiger partial charge in [-0.1, -0.05) is 73.8 Å². The third-order valence-electron chi connectivity index (χ3n) is 9.93. The predicted molar refractivity (Wildman–Crippen MR) is 182 cm³/mol. The Morgan fingerprint density at radius 1 is 0.979 bits per heavy atom. The van der Waals surface area contributed by atoms with Gasteiger partial charge in [0.05, 0.1) is 17.2 Å². The molecule has 2 fully saturated rings. The molecule has 4 unspecified atom stereocenters. The third kappa shape index (κ3) is 7.07. The van der Waals surface area contributed by atoms with Crippen molar-refractivity contribution < 1.29 is 19.2 Å². The number of guanidine groups is 1. The van der Waals surface area contributed by atoms with Crippen molar-refractivity contribution in [1.82, 2.24) is 9.80 Å². The number of nitrogens with two attached hydrogens (primary N) is 2. The van der Waals surface area contributed by atoms with Gasteiger partial charge < -0.3 is 21.8 Å². The summed E-state index contributed by atoms with van der Waals surface area (Å²) in [5.74, 6) is 4.97. The maximum Gasteiger partial charge on any atom is 0.322 e. The summed E-state index contributed by atoms with van der Waals surface area (Å²) in [4.78, 5) is 59.4. The molecule has 4 aliphatic rings. The Kier molecular flexibility index (Phi) is 9.51. The van der Waals surface area contributed by atoms with Gasteiger partial charge >= 0.3 is 6.03 Å². The highest BCUT2D eigenvalue weighted by Gasteiger charge is 2.39. The second-order valence-electron chi connectivity index (χ2n) is 13.4. The molecule has 1 heterocycles. The van der Waals surface area contributed by atoms with Crippen LogP contribution in [0.3, 0.4) is 0 Å². The largest absolute Gasteiger partial charge is 0.366 e. The summed E-state index contributed by atoms with van der Waals surface area (Å²) in [5, 5.41) is 9.38. The van der Waals surface area contributed by atoms with Crippen molar-refractivity contribution in [3.8, 4) is 0 Å². The summed E-state index contributed by atoms with van der Waals surface area (Å²) >= 11 is 0. The normalized spacial score (nSPS) is 24.1. The van der Waals surface area contributed by atoms with Crippen LogP contribution in [0.2, 0.25) is 0 Å². The average Bonchev–Trinajstić information content (AvgIpc) is 3.87. The van der Waals surface area contributed by atoms with E-state index in [1.54, 1.807) is 47.4 Å². The van der Waals surface area contributed by atoms with Gasteiger partial charge in [0.25, 0.3) is 17.7 Å². The first-order valence-corrected chi connectivity index (χ1v) is 16.7. The number of carbonyl (C=O) groups is 4. The summed E-state index contributed by atoms with van der Waals surface area (Å²) in [7, 11) is 0. The van der Waals surface area contributed by atoms with E-state index >= 15 is 0 Å². The first-order valence-electron chi connectivity index (χ1n) is 16.7. The molecule has 2 aromatic rings. The fourth-order valence-corrected chi connectivity index (χ4v) is 7.09. The van der Waals surface area contributed by atoms with Crippen molar-refractivity contribution in [1.29, 1.82) is 0 Å². The molecule has 0 spiro atoms. The maximum atomic E-state index is 14.1. The molecule has 250 valence electrons. The minimum Gasteiger partial charge on any atom is -0.366 e. The number of carbonyl (C=O) groups excluding carboxylic acids is 4. The molecule has 4 atom stereocenters. The molecule has 1 aliphatic heterocycles. The van der Waals surface area contributed by atoms with Crippen molar-refractivity contribution in [2.45, 2.75) is 65.0 Å². The number of hydrogen-bond donors (Lipinski definition) is 3. The van der Waals surface area contributed by atoms with Crippen molar-refractivity contribution >= 4 is 35.4 Å². The molecule has 0 saturated heterocycles. The Morgan fingerprint density at radius 3 is 2.40 bits per heavy atom. The standard InChI is InChI=1S/C36H42N8O4/c1-21-5-3-4-6-28(21)26-13-16-31(22(2)17-26)43(19-24-9-11-25(12-10-24)32(45)40-35(37)41-42-38)36(48)39-27-14-15-29-30(18-27)34(47)44(33(29)46)20-23-7-8-23/h9-18,21-23,28,31H,3-8,19-20H2,1-2H3,(H,39,48)(H4,37,38,40,41,45). The lowest BCUT2D eigenvalue weighted by Crippen LogP contribution is -2.45. The number of urea groups is 1. The van der Waals surface area contributed by atoms with E-state index in [1.165, 1.54) is 36.2 Å². The average molecular weight is 651 g/mol. The molecule has 5 N–H and O–H groups in total. The number of aliphatic imine (C=N–C) groups is 1. The lowest BCUT2D eigenvalue weighted by Gasteiger charge is -2.37. The zero-order chi connectivity index (χ0) is 33.9. The lowest BCUT2D eigenvalue weighted by atomic mass is 9.73. The Hall–Kier alpha value is -5.13. The Balaban J connectivity index is 1.23. The van der Waals surface area contributed by atoms with Crippen LogP contribution >= 0.6 is 0 Å². The molecular formula is C36H42N8O4. The summed E-state index contributed by atoms with van der Waals surface area (Å²) < 4.78 is 0. The number of benzene rings is 2. The van der Waals surface area contributed by atoms with Crippen LogP contribution in [-0.4, -0.2) is 52.1 Å². The summed E-state index contributed by atoms with van der Waals surface area (Å²) in [5.41, 5.74) is 9.06. The van der Waals surface area contributed by atoms with E-state index in [0.29, 0.717) is 41.1 Å². The van der Waals surface area contributed by atoms with Gasteiger partial charge in [-0.2, -0.15) is 4.99 Å². The number of nitrogens with zero attached hydrogens (tertiary/aromatic N) is 5. The molecule has 0 radical (unpaired) electrons. The van der Waals surface area contributed by atoms with Crippen LogP contribution in [0, 0.1) is 23.7 Å². The number of hydrogen-bond acceptors (Lipinski definition) is 5. The van der Waals surface area contributed by atoms with E-state index in [1.807, 2.05) is 0 Å². The first-order chi connectivity index (χ1) is 23.1. The highest BCUT2D eigenvalue weighted by Crippen LogP contribution is 2.38. The van der Waals surface area contributed by atoms with Crippen molar-refractivity contribution in [3.05, 3.63) is 88.5 Å². The highest BCUT2D eigenvalue weighted by molar-refractivity contribution is 6.22. The van der Waals surface area contributed by atoms with Gasteiger partial charge in [0.1, 0.15) is 0 Å². The summed E-state index contributed by atoms with van der Waals surface area (Å²) in [6.45, 7) is 5.13. The second kappa shape index (κ2) is 13.9. The molecule has 2 aromatic carbocycles. The lowest BCUT2D eigenvalue weighted by molar-refractivity contribution is 0.0646. The van der Waals surface area contributed by atoms with Gasteiger partial charge in [-0.3, -0.25) is 19.3 Å². The number of nitrogens with one attached hydrogen (secondary N) is 1. The topological polar surface area (TPSA) is 176 Å². The van der Waals surface area contributed by atoms with E-state index < -0.39 is 5.91 Å². The van der Waals surface area contributed by atoms with E-state index in [-0.39, 0.29) is 47.9 Å². The van der Waals surface area contributed by atoms with Gasteiger partial charge in [-0.25, -0.2) is 4.79 Å². The quantitative estimate of drug-likeness (QED) is 0.0808. The van der Waals surface area contributed by atoms with Crippen LogP contribution in [0.25, 0.3) is 0 Å². The SMILES string of the molecule is CC1C=C(C2CCCCC2C)C=CC1N(Cc1ccc(C(=O)N=C(N)/N=N\N)cc1)C(=O)Nc1ccc2c(c1)C(=O)N(CC1CC1)C2=O. The molecule has 5 amide bonds. The number of allylic oxidation sites excluding steroid dienone is 2. The minimum absolute atomic E-state index is 0.0370. The monoisotopic (exact) mass is 650 g/mol. The second-order valence-corrected chi connectivity index (χ2v) is 13.4. The molecule has 0 bridgehead atoms. The number of amides is 5. The summed E-state index contributed by atoms with van der Waals surface area (Å²) in [6.07, 6.45) is 13.5. The number of imide groups is 1. The Labute approximate surface area is 280 Å². The van der Waals surface area contributed by atoms with Crippen molar-refractivity contribution in [2.24, 2.45) is 50.6 Å². The predicted octanol–water partition coefficient (Wildman–Crippen LogP) is 5.83. The van der Waals surface area contributed by atoms with Gasteiger partial charge in [0, 0.05) is 24.3 Å². The highest BCUT2D eigenvalue weighted by atomic mass is 16.2. The molecule has 48 heavy (non-hydrogen) atoms. The van der Waals surface area contributed by atoms with E-state index in [4.69, 9.17) is 11.6 Å². The van der Waals surface area contributed by atoms with E-state index in [0.717, 1.165) is 18.4 Å². The van der Waals surface area contributed by atoms with Gasteiger partial charge in [0.2, 0.25) is 5.96 Å². The third-order valence-corrected chi connectivity index (χ3v) is 9.93. The van der Waals surface area contributed by atoms with Crippen LogP contribution in [0.4, 0.5) is 10.5 Å². The number of rotatable bonds is 8. The molecule has 2 saturated carbocycles.